The third kappa shape index (κ3) is 5.84. The van der Waals surface area contributed by atoms with Crippen molar-refractivity contribution in [3.8, 4) is 0 Å². The van der Waals surface area contributed by atoms with Crippen LogP contribution in [0.2, 0.25) is 0 Å². The van der Waals surface area contributed by atoms with Crippen molar-refractivity contribution in [2.75, 3.05) is 0 Å². The normalized spacial score (nSPS) is 28.4. The van der Waals surface area contributed by atoms with Crippen LogP contribution in [0.15, 0.2) is 36.4 Å². The van der Waals surface area contributed by atoms with Crippen molar-refractivity contribution in [2.24, 2.45) is 23.7 Å². The molecule has 1 aromatic carbocycles. The number of aryl methyl sites for hydroxylation is 1. The highest BCUT2D eigenvalue weighted by molar-refractivity contribution is 5.28. The van der Waals surface area contributed by atoms with Gasteiger partial charge in [0.25, 0.3) is 5.92 Å². The Morgan fingerprint density at radius 2 is 1.59 bits per heavy atom. The lowest BCUT2D eigenvalue weighted by atomic mass is 9.66. The molecule has 3 rings (SSSR count). The van der Waals surface area contributed by atoms with E-state index in [-0.39, 0.29) is 43.9 Å². The zero-order chi connectivity index (χ0) is 25.0. The fourth-order valence-corrected chi connectivity index (χ4v) is 6.09. The molecule has 2 saturated carbocycles. The molecule has 0 heterocycles. The number of halogens is 6. The van der Waals surface area contributed by atoms with E-state index in [4.69, 9.17) is 0 Å². The minimum atomic E-state index is -4.29. The molecule has 0 spiro atoms. The first-order chi connectivity index (χ1) is 16.0. The van der Waals surface area contributed by atoms with Gasteiger partial charge in [0, 0.05) is 23.8 Å². The Hall–Kier alpha value is -1.46. The maximum Gasteiger partial charge on any atom is 0.335 e. The van der Waals surface area contributed by atoms with Crippen molar-refractivity contribution in [3.05, 3.63) is 47.5 Å². The average Bonchev–Trinajstić information content (AvgIpc) is 2.79. The van der Waals surface area contributed by atoms with Gasteiger partial charge in [-0.15, -0.1) is 0 Å². The second-order valence-corrected chi connectivity index (χ2v) is 10.4. The van der Waals surface area contributed by atoms with Crippen molar-refractivity contribution in [1.29, 1.82) is 0 Å². The molecule has 0 bridgehead atoms. The van der Waals surface area contributed by atoms with Crippen molar-refractivity contribution in [1.82, 2.24) is 0 Å². The van der Waals surface area contributed by atoms with Crippen LogP contribution in [0.5, 0.6) is 0 Å². The van der Waals surface area contributed by atoms with Crippen LogP contribution in [0.3, 0.4) is 0 Å². The molecule has 0 N–H and O–H groups in total. The standard InChI is InChI=1S/C28H38F6/c1-3-5-6-8-21-11-18-25(26(29,30)19-21)22-12-16-24(17-13-22)28(33,34)27(31,32)23-14-9-20(7-4-2)10-15-23/h3,5,9-10,14-15,21-22,24-25H,4,6-8,11-13,16-19H2,1-2H3/b5-3+. The highest BCUT2D eigenvalue weighted by Gasteiger charge is 2.62. The highest BCUT2D eigenvalue weighted by atomic mass is 19.3. The number of alkyl halides is 6. The van der Waals surface area contributed by atoms with Gasteiger partial charge in [0.2, 0.25) is 0 Å². The topological polar surface area (TPSA) is 0 Å². The first kappa shape index (κ1) is 27.1. The maximum absolute atomic E-state index is 15.0. The average molecular weight is 489 g/mol. The zero-order valence-corrected chi connectivity index (χ0v) is 20.3. The van der Waals surface area contributed by atoms with Crippen molar-refractivity contribution < 1.29 is 26.3 Å². The molecule has 2 unspecified atom stereocenters. The monoisotopic (exact) mass is 488 g/mol. The first-order valence-electron chi connectivity index (χ1n) is 12.9. The van der Waals surface area contributed by atoms with E-state index in [9.17, 15) is 17.6 Å². The molecule has 1 aromatic rings. The molecule has 2 aliphatic carbocycles. The van der Waals surface area contributed by atoms with Gasteiger partial charge in [0.1, 0.15) is 0 Å². The van der Waals surface area contributed by atoms with E-state index in [0.29, 0.717) is 12.8 Å². The second kappa shape index (κ2) is 11.1. The van der Waals surface area contributed by atoms with Crippen LogP contribution < -0.4 is 0 Å². The lowest BCUT2D eigenvalue weighted by Crippen LogP contribution is -2.47. The molecule has 0 saturated heterocycles. The fraction of sp³-hybridized carbons (Fsp3) is 0.714. The summed E-state index contributed by atoms with van der Waals surface area (Å²) in [5, 5.41) is 0. The summed E-state index contributed by atoms with van der Waals surface area (Å²) in [5.41, 5.74) is 0.158. The van der Waals surface area contributed by atoms with Crippen LogP contribution in [0.4, 0.5) is 26.3 Å². The van der Waals surface area contributed by atoms with E-state index in [2.05, 4.69) is 0 Å². The summed E-state index contributed by atoms with van der Waals surface area (Å²) in [4.78, 5) is 0. The minimum absolute atomic E-state index is 0.0227. The van der Waals surface area contributed by atoms with Gasteiger partial charge in [-0.1, -0.05) is 49.8 Å². The molecule has 2 atom stereocenters. The third-order valence-electron chi connectivity index (χ3n) is 8.09. The van der Waals surface area contributed by atoms with E-state index >= 15 is 8.78 Å². The van der Waals surface area contributed by atoms with Crippen LogP contribution in [-0.2, 0) is 12.3 Å². The fourth-order valence-electron chi connectivity index (χ4n) is 6.09. The molecule has 34 heavy (non-hydrogen) atoms. The van der Waals surface area contributed by atoms with Gasteiger partial charge < -0.3 is 0 Å². The van der Waals surface area contributed by atoms with E-state index in [1.54, 1.807) is 0 Å². The zero-order valence-electron chi connectivity index (χ0n) is 20.3. The summed E-state index contributed by atoms with van der Waals surface area (Å²) in [7, 11) is 0. The summed E-state index contributed by atoms with van der Waals surface area (Å²) < 4.78 is 89.8. The third-order valence-corrected chi connectivity index (χ3v) is 8.09. The van der Waals surface area contributed by atoms with Gasteiger partial charge >= 0.3 is 11.8 Å². The summed E-state index contributed by atoms with van der Waals surface area (Å²) in [5.74, 6) is -14.0. The Labute approximate surface area is 200 Å². The number of hydrogen-bond acceptors (Lipinski definition) is 0. The molecule has 192 valence electrons. The maximum atomic E-state index is 15.0. The Morgan fingerprint density at radius 1 is 0.941 bits per heavy atom. The van der Waals surface area contributed by atoms with Gasteiger partial charge in [0.05, 0.1) is 0 Å². The smallest absolute Gasteiger partial charge is 0.207 e. The predicted octanol–water partition coefficient (Wildman–Crippen LogP) is 9.58. The lowest BCUT2D eigenvalue weighted by Gasteiger charge is -2.44. The molecule has 0 radical (unpaired) electrons. The van der Waals surface area contributed by atoms with Gasteiger partial charge in [-0.25, -0.2) is 8.78 Å². The predicted molar refractivity (Wildman–Crippen MR) is 125 cm³/mol. The summed E-state index contributed by atoms with van der Waals surface area (Å²) in [6, 6.07) is 5.16. The quantitative estimate of drug-likeness (QED) is 0.240. The highest BCUT2D eigenvalue weighted by Crippen LogP contribution is 2.55. The second-order valence-electron chi connectivity index (χ2n) is 10.4. The van der Waals surface area contributed by atoms with E-state index in [1.165, 1.54) is 12.1 Å². The lowest BCUT2D eigenvalue weighted by molar-refractivity contribution is -0.250. The molecular formula is C28H38F6. The van der Waals surface area contributed by atoms with Crippen LogP contribution in [0, 0.1) is 23.7 Å². The molecular weight excluding hydrogens is 450 g/mol. The van der Waals surface area contributed by atoms with Gasteiger partial charge in [-0.2, -0.15) is 17.6 Å². The first-order valence-corrected chi connectivity index (χ1v) is 12.9. The molecule has 0 aliphatic heterocycles. The van der Waals surface area contributed by atoms with E-state index < -0.39 is 35.2 Å². The largest absolute Gasteiger partial charge is 0.335 e. The molecule has 2 aliphatic rings. The van der Waals surface area contributed by atoms with Gasteiger partial charge in [0.15, 0.2) is 0 Å². The van der Waals surface area contributed by atoms with Crippen LogP contribution in [0.1, 0.15) is 89.2 Å². The van der Waals surface area contributed by atoms with Gasteiger partial charge in [-0.05, 0) is 82.1 Å². The van der Waals surface area contributed by atoms with Crippen molar-refractivity contribution in [2.45, 2.75) is 102 Å². The van der Waals surface area contributed by atoms with Crippen LogP contribution in [0.25, 0.3) is 0 Å². The SMILES string of the molecule is C/C=C/CCC1CCC(C2CCC(C(F)(F)C(F)(F)c3ccc(CCC)cc3)CC2)C(F)(F)C1. The summed E-state index contributed by atoms with van der Waals surface area (Å²) >= 11 is 0. The van der Waals surface area contributed by atoms with Crippen molar-refractivity contribution >= 4 is 0 Å². The molecule has 2 fully saturated rings. The number of hydrogen-bond donors (Lipinski definition) is 0. The van der Waals surface area contributed by atoms with Gasteiger partial charge in [-0.3, -0.25) is 0 Å². The van der Waals surface area contributed by atoms with E-state index in [0.717, 1.165) is 43.4 Å². The molecule has 0 amide bonds. The number of rotatable bonds is 9. The van der Waals surface area contributed by atoms with Crippen LogP contribution in [-0.4, -0.2) is 11.8 Å². The Bertz CT molecular complexity index is 790. The molecule has 0 aromatic heterocycles. The Kier molecular flexibility index (Phi) is 8.84. The van der Waals surface area contributed by atoms with Crippen molar-refractivity contribution in [3.63, 3.8) is 0 Å². The summed E-state index contributed by atoms with van der Waals surface area (Å²) in [6.07, 6.45) is 7.97. The molecule has 6 heteroatoms. The minimum Gasteiger partial charge on any atom is -0.207 e. The Morgan fingerprint density at radius 3 is 2.15 bits per heavy atom. The molecule has 0 nitrogen and oxygen atoms in total. The number of allylic oxidation sites excluding steroid dienone is 2. The van der Waals surface area contributed by atoms with Crippen LogP contribution >= 0.6 is 0 Å². The number of benzene rings is 1. The van der Waals surface area contributed by atoms with E-state index in [1.807, 2.05) is 26.0 Å². The Balaban J connectivity index is 1.61. The summed E-state index contributed by atoms with van der Waals surface area (Å²) in [6.45, 7) is 3.87.